The molecule has 1 aliphatic heterocycles. The third-order valence-electron chi connectivity index (χ3n) is 4.40. The molecule has 1 aromatic rings. The zero-order valence-corrected chi connectivity index (χ0v) is 13.7. The molecule has 0 saturated carbocycles. The first-order valence-corrected chi connectivity index (χ1v) is 7.59. The molecular formula is C16H28N4. The lowest BCUT2D eigenvalue weighted by Gasteiger charge is -2.28. The molecule has 4 nitrogen and oxygen atoms in total. The minimum Gasteiger partial charge on any atom is -0.383 e. The fourth-order valence-electron chi connectivity index (χ4n) is 2.76. The third kappa shape index (κ3) is 2.89. The number of aromatic nitrogens is 2. The second kappa shape index (κ2) is 5.23. The molecule has 0 radical (unpaired) electrons. The van der Waals surface area contributed by atoms with E-state index in [-0.39, 0.29) is 0 Å². The summed E-state index contributed by atoms with van der Waals surface area (Å²) >= 11 is 0. The summed E-state index contributed by atoms with van der Waals surface area (Å²) in [5.74, 6) is 3.52. The summed E-state index contributed by atoms with van der Waals surface area (Å²) in [5.41, 5.74) is 7.44. The van der Waals surface area contributed by atoms with E-state index >= 15 is 0 Å². The molecule has 2 heterocycles. The van der Waals surface area contributed by atoms with Gasteiger partial charge in [-0.1, -0.05) is 34.6 Å². The standard InChI is InChI=1S/C16H28N4/c1-10(2)14-18-13(17)11(3)15(19-14)20-8-7-12(9-20)16(4,5)6/h10,12H,7-9H2,1-6H3,(H2,17,18,19). The third-order valence-corrected chi connectivity index (χ3v) is 4.40. The van der Waals surface area contributed by atoms with Crippen LogP contribution in [0.15, 0.2) is 0 Å². The molecule has 0 amide bonds. The predicted octanol–water partition coefficient (Wildman–Crippen LogP) is 3.36. The Labute approximate surface area is 122 Å². The fraction of sp³-hybridized carbons (Fsp3) is 0.750. The van der Waals surface area contributed by atoms with Gasteiger partial charge in [0.05, 0.1) is 0 Å². The van der Waals surface area contributed by atoms with Gasteiger partial charge in [0.25, 0.3) is 0 Å². The highest BCUT2D eigenvalue weighted by Crippen LogP contribution is 2.36. The lowest BCUT2D eigenvalue weighted by atomic mass is 9.80. The van der Waals surface area contributed by atoms with Gasteiger partial charge in [-0.05, 0) is 24.7 Å². The van der Waals surface area contributed by atoms with Crippen LogP contribution in [0.2, 0.25) is 0 Å². The van der Waals surface area contributed by atoms with Crippen molar-refractivity contribution in [1.29, 1.82) is 0 Å². The first-order chi connectivity index (χ1) is 9.20. The summed E-state index contributed by atoms with van der Waals surface area (Å²) in [6.07, 6.45) is 1.23. The summed E-state index contributed by atoms with van der Waals surface area (Å²) in [7, 11) is 0. The number of hydrogen-bond donors (Lipinski definition) is 1. The molecule has 1 aromatic heterocycles. The molecule has 0 aliphatic carbocycles. The Morgan fingerprint density at radius 1 is 1.25 bits per heavy atom. The van der Waals surface area contributed by atoms with Gasteiger partial charge < -0.3 is 10.6 Å². The largest absolute Gasteiger partial charge is 0.383 e. The number of nitrogen functional groups attached to an aromatic ring is 1. The van der Waals surface area contributed by atoms with Crippen molar-refractivity contribution in [2.75, 3.05) is 23.7 Å². The molecule has 4 heteroatoms. The fourth-order valence-corrected chi connectivity index (χ4v) is 2.76. The Morgan fingerprint density at radius 2 is 1.90 bits per heavy atom. The van der Waals surface area contributed by atoms with E-state index < -0.39 is 0 Å². The highest BCUT2D eigenvalue weighted by Gasteiger charge is 2.33. The lowest BCUT2D eigenvalue weighted by molar-refractivity contribution is 0.263. The zero-order valence-electron chi connectivity index (χ0n) is 13.7. The van der Waals surface area contributed by atoms with Crippen LogP contribution in [-0.4, -0.2) is 23.1 Å². The molecule has 1 unspecified atom stereocenters. The molecule has 0 aromatic carbocycles. The average molecular weight is 276 g/mol. The first-order valence-electron chi connectivity index (χ1n) is 7.59. The van der Waals surface area contributed by atoms with E-state index in [1.165, 1.54) is 6.42 Å². The first kappa shape index (κ1) is 15.1. The zero-order chi connectivity index (χ0) is 15.1. The summed E-state index contributed by atoms with van der Waals surface area (Å²) in [6.45, 7) is 15.3. The topological polar surface area (TPSA) is 55.0 Å². The van der Waals surface area contributed by atoms with Gasteiger partial charge in [0, 0.05) is 24.6 Å². The highest BCUT2D eigenvalue weighted by molar-refractivity contribution is 5.57. The van der Waals surface area contributed by atoms with Gasteiger partial charge in [-0.2, -0.15) is 0 Å². The average Bonchev–Trinajstić information content (AvgIpc) is 2.81. The van der Waals surface area contributed by atoms with Crippen molar-refractivity contribution in [2.24, 2.45) is 11.3 Å². The molecule has 1 fully saturated rings. The molecule has 0 bridgehead atoms. The molecular weight excluding hydrogens is 248 g/mol. The quantitative estimate of drug-likeness (QED) is 0.900. The number of rotatable bonds is 2. The van der Waals surface area contributed by atoms with Gasteiger partial charge in [0.15, 0.2) is 0 Å². The summed E-state index contributed by atoms with van der Waals surface area (Å²) in [6, 6.07) is 0. The van der Waals surface area contributed by atoms with Crippen molar-refractivity contribution in [3.63, 3.8) is 0 Å². The van der Waals surface area contributed by atoms with Crippen LogP contribution < -0.4 is 10.6 Å². The smallest absolute Gasteiger partial charge is 0.137 e. The minimum atomic E-state index is 0.303. The Balaban J connectivity index is 2.30. The second-order valence-corrected chi connectivity index (χ2v) is 7.37. The molecule has 0 spiro atoms. The van der Waals surface area contributed by atoms with E-state index in [1.54, 1.807) is 0 Å². The van der Waals surface area contributed by atoms with E-state index in [1.807, 2.05) is 6.92 Å². The van der Waals surface area contributed by atoms with Gasteiger partial charge >= 0.3 is 0 Å². The molecule has 2 rings (SSSR count). The van der Waals surface area contributed by atoms with Crippen LogP contribution in [-0.2, 0) is 0 Å². The molecule has 20 heavy (non-hydrogen) atoms. The number of nitrogens with zero attached hydrogens (tertiary/aromatic N) is 3. The monoisotopic (exact) mass is 276 g/mol. The van der Waals surface area contributed by atoms with E-state index in [0.29, 0.717) is 23.1 Å². The van der Waals surface area contributed by atoms with Crippen LogP contribution in [0.25, 0.3) is 0 Å². The SMILES string of the molecule is Cc1c(N)nc(C(C)C)nc1N1CCC(C(C)(C)C)C1. The van der Waals surface area contributed by atoms with Crippen LogP contribution in [0.5, 0.6) is 0 Å². The Hall–Kier alpha value is -1.32. The van der Waals surface area contributed by atoms with Crippen LogP contribution >= 0.6 is 0 Å². The van der Waals surface area contributed by atoms with Crippen molar-refractivity contribution in [3.05, 3.63) is 11.4 Å². The number of hydrogen-bond acceptors (Lipinski definition) is 4. The highest BCUT2D eigenvalue weighted by atomic mass is 15.2. The van der Waals surface area contributed by atoms with Crippen LogP contribution in [0.3, 0.4) is 0 Å². The summed E-state index contributed by atoms with van der Waals surface area (Å²) in [5, 5.41) is 0. The van der Waals surface area contributed by atoms with Crippen molar-refractivity contribution < 1.29 is 0 Å². The Morgan fingerprint density at radius 3 is 2.40 bits per heavy atom. The maximum atomic E-state index is 6.07. The van der Waals surface area contributed by atoms with Gasteiger partial charge in [0.2, 0.25) is 0 Å². The summed E-state index contributed by atoms with van der Waals surface area (Å²) in [4.78, 5) is 11.6. The number of anilines is 2. The molecule has 1 atom stereocenters. The van der Waals surface area contributed by atoms with E-state index in [2.05, 4.69) is 44.5 Å². The normalized spacial score (nSPS) is 19.9. The summed E-state index contributed by atoms with van der Waals surface area (Å²) < 4.78 is 0. The van der Waals surface area contributed by atoms with Crippen molar-refractivity contribution >= 4 is 11.6 Å². The van der Waals surface area contributed by atoms with Gasteiger partial charge in [-0.25, -0.2) is 9.97 Å². The lowest BCUT2D eigenvalue weighted by Crippen LogP contribution is -2.27. The van der Waals surface area contributed by atoms with Gasteiger partial charge in [-0.15, -0.1) is 0 Å². The molecule has 1 aliphatic rings. The maximum absolute atomic E-state index is 6.07. The minimum absolute atomic E-state index is 0.303. The second-order valence-electron chi connectivity index (χ2n) is 7.37. The van der Waals surface area contributed by atoms with Crippen molar-refractivity contribution in [3.8, 4) is 0 Å². The van der Waals surface area contributed by atoms with E-state index in [9.17, 15) is 0 Å². The van der Waals surface area contributed by atoms with Crippen LogP contribution in [0.4, 0.5) is 11.6 Å². The van der Waals surface area contributed by atoms with Gasteiger partial charge in [-0.3, -0.25) is 0 Å². The van der Waals surface area contributed by atoms with Crippen LogP contribution in [0, 0.1) is 18.3 Å². The van der Waals surface area contributed by atoms with E-state index in [4.69, 9.17) is 10.7 Å². The number of nitrogens with two attached hydrogens (primary N) is 1. The molecule has 1 saturated heterocycles. The molecule has 112 valence electrons. The maximum Gasteiger partial charge on any atom is 0.137 e. The predicted molar refractivity (Wildman–Crippen MR) is 85.0 cm³/mol. The van der Waals surface area contributed by atoms with Crippen molar-refractivity contribution in [1.82, 2.24) is 9.97 Å². The Kier molecular flexibility index (Phi) is 3.94. The van der Waals surface area contributed by atoms with Gasteiger partial charge in [0.1, 0.15) is 17.5 Å². The Bertz CT molecular complexity index is 488. The van der Waals surface area contributed by atoms with Crippen LogP contribution in [0.1, 0.15) is 58.3 Å². The molecule has 2 N–H and O–H groups in total. The van der Waals surface area contributed by atoms with Crippen molar-refractivity contribution in [2.45, 2.75) is 53.9 Å². The van der Waals surface area contributed by atoms with E-state index in [0.717, 1.165) is 30.3 Å².